The van der Waals surface area contributed by atoms with Gasteiger partial charge in [0.15, 0.2) is 0 Å². The fourth-order valence-electron chi connectivity index (χ4n) is 1.51. The Bertz CT molecular complexity index is 370. The molecule has 0 amide bonds. The second-order valence-corrected chi connectivity index (χ2v) is 4.65. The third-order valence-corrected chi connectivity index (χ3v) is 2.97. The second kappa shape index (κ2) is 5.18. The molecule has 1 aromatic rings. The van der Waals surface area contributed by atoms with Gasteiger partial charge >= 0.3 is 0 Å². The Morgan fingerprint density at radius 3 is 2.67 bits per heavy atom. The molecule has 1 atom stereocenters. The van der Waals surface area contributed by atoms with Crippen molar-refractivity contribution in [2.24, 2.45) is 0 Å². The van der Waals surface area contributed by atoms with Crippen LogP contribution < -0.4 is 5.32 Å². The number of nitrogens with zero attached hydrogens (tertiary/aromatic N) is 1. The molecular weight excluding hydrogens is 252 g/mol. The van der Waals surface area contributed by atoms with Gasteiger partial charge in [0.1, 0.15) is 5.54 Å². The van der Waals surface area contributed by atoms with Crippen LogP contribution >= 0.6 is 15.9 Å². The standard InChI is InChI=1S/C12H15BrN2/c1-3-8-12(2,9-14)15-11-7-5-4-6-10(11)13/h4-7,15H,3,8H2,1-2H3. The SMILES string of the molecule is CCCC(C)(C#N)Nc1ccccc1Br. The maximum Gasteiger partial charge on any atom is 0.122 e. The van der Waals surface area contributed by atoms with Gasteiger partial charge in [0.05, 0.1) is 6.07 Å². The van der Waals surface area contributed by atoms with Crippen molar-refractivity contribution in [1.82, 2.24) is 0 Å². The van der Waals surface area contributed by atoms with E-state index in [0.29, 0.717) is 0 Å². The van der Waals surface area contributed by atoms with Crippen molar-refractivity contribution in [1.29, 1.82) is 5.26 Å². The summed E-state index contributed by atoms with van der Waals surface area (Å²) in [5.41, 5.74) is 0.480. The van der Waals surface area contributed by atoms with E-state index < -0.39 is 5.54 Å². The highest BCUT2D eigenvalue weighted by Gasteiger charge is 2.22. The van der Waals surface area contributed by atoms with E-state index in [0.717, 1.165) is 23.0 Å². The van der Waals surface area contributed by atoms with Crippen LogP contribution in [0.2, 0.25) is 0 Å². The van der Waals surface area contributed by atoms with Crippen LogP contribution in [0.3, 0.4) is 0 Å². The zero-order valence-electron chi connectivity index (χ0n) is 9.05. The van der Waals surface area contributed by atoms with Gasteiger partial charge in [-0.25, -0.2) is 0 Å². The minimum absolute atomic E-state index is 0.487. The summed E-state index contributed by atoms with van der Waals surface area (Å²) in [6.07, 6.45) is 1.83. The molecular formula is C12H15BrN2. The van der Waals surface area contributed by atoms with Crippen LogP contribution in [0.25, 0.3) is 0 Å². The Labute approximate surface area is 99.4 Å². The highest BCUT2D eigenvalue weighted by atomic mass is 79.9. The Morgan fingerprint density at radius 2 is 2.13 bits per heavy atom. The molecule has 0 aliphatic rings. The van der Waals surface area contributed by atoms with Gasteiger partial charge in [-0.1, -0.05) is 25.5 Å². The summed E-state index contributed by atoms with van der Waals surface area (Å²) in [5.74, 6) is 0. The number of hydrogen-bond acceptors (Lipinski definition) is 2. The molecule has 2 nitrogen and oxygen atoms in total. The summed E-state index contributed by atoms with van der Waals surface area (Å²) in [7, 11) is 0. The second-order valence-electron chi connectivity index (χ2n) is 3.80. The molecule has 0 saturated carbocycles. The first-order valence-electron chi connectivity index (χ1n) is 5.05. The Hall–Kier alpha value is -1.01. The first kappa shape index (κ1) is 12.1. The molecule has 1 N–H and O–H groups in total. The van der Waals surface area contributed by atoms with Gasteiger partial charge in [0, 0.05) is 10.2 Å². The van der Waals surface area contributed by atoms with E-state index in [1.165, 1.54) is 0 Å². The molecule has 0 radical (unpaired) electrons. The smallest absolute Gasteiger partial charge is 0.122 e. The van der Waals surface area contributed by atoms with Crippen molar-refractivity contribution in [3.63, 3.8) is 0 Å². The van der Waals surface area contributed by atoms with Crippen molar-refractivity contribution in [2.45, 2.75) is 32.2 Å². The van der Waals surface area contributed by atoms with E-state index >= 15 is 0 Å². The summed E-state index contributed by atoms with van der Waals surface area (Å²) < 4.78 is 0.988. The predicted molar refractivity (Wildman–Crippen MR) is 66.7 cm³/mol. The van der Waals surface area contributed by atoms with Crippen LogP contribution in [0, 0.1) is 11.3 Å². The van der Waals surface area contributed by atoms with Crippen molar-refractivity contribution in [2.75, 3.05) is 5.32 Å². The molecule has 0 saturated heterocycles. The fraction of sp³-hybridized carbons (Fsp3) is 0.417. The molecule has 0 fully saturated rings. The average molecular weight is 267 g/mol. The number of nitrogens with one attached hydrogen (secondary N) is 1. The quantitative estimate of drug-likeness (QED) is 0.896. The molecule has 1 aromatic carbocycles. The van der Waals surface area contributed by atoms with Crippen LogP contribution in [-0.4, -0.2) is 5.54 Å². The molecule has 0 spiro atoms. The lowest BCUT2D eigenvalue weighted by Gasteiger charge is -2.24. The third-order valence-electron chi connectivity index (χ3n) is 2.28. The highest BCUT2D eigenvalue weighted by Crippen LogP contribution is 2.26. The topological polar surface area (TPSA) is 35.8 Å². The predicted octanol–water partition coefficient (Wildman–Crippen LogP) is 3.94. The summed E-state index contributed by atoms with van der Waals surface area (Å²) in [4.78, 5) is 0. The van der Waals surface area contributed by atoms with Crippen LogP contribution in [0.4, 0.5) is 5.69 Å². The number of benzene rings is 1. The summed E-state index contributed by atoms with van der Waals surface area (Å²) in [5, 5.41) is 12.4. The van der Waals surface area contributed by atoms with Crippen molar-refractivity contribution in [3.8, 4) is 6.07 Å². The van der Waals surface area contributed by atoms with Gasteiger partial charge in [-0.05, 0) is 41.4 Å². The summed E-state index contributed by atoms with van der Waals surface area (Å²) >= 11 is 3.46. The van der Waals surface area contributed by atoms with Crippen LogP contribution in [0.5, 0.6) is 0 Å². The summed E-state index contributed by atoms with van der Waals surface area (Å²) in [6, 6.07) is 10.2. The maximum absolute atomic E-state index is 9.14. The molecule has 1 rings (SSSR count). The number of hydrogen-bond donors (Lipinski definition) is 1. The van der Waals surface area contributed by atoms with Gasteiger partial charge in [-0.2, -0.15) is 5.26 Å². The molecule has 0 bridgehead atoms. The maximum atomic E-state index is 9.14. The molecule has 0 aliphatic heterocycles. The first-order chi connectivity index (χ1) is 7.11. The lowest BCUT2D eigenvalue weighted by atomic mass is 9.98. The van der Waals surface area contributed by atoms with Crippen molar-refractivity contribution in [3.05, 3.63) is 28.7 Å². The van der Waals surface area contributed by atoms with Crippen LogP contribution in [-0.2, 0) is 0 Å². The number of halogens is 1. The zero-order valence-corrected chi connectivity index (χ0v) is 10.6. The molecule has 1 unspecified atom stereocenters. The van der Waals surface area contributed by atoms with Crippen molar-refractivity contribution < 1.29 is 0 Å². The number of nitriles is 1. The molecule has 80 valence electrons. The molecule has 0 aromatic heterocycles. The van der Waals surface area contributed by atoms with Crippen molar-refractivity contribution >= 4 is 21.6 Å². The molecule has 0 aliphatic carbocycles. The zero-order chi connectivity index (χ0) is 11.3. The minimum Gasteiger partial charge on any atom is -0.367 e. The van der Waals surface area contributed by atoms with Crippen LogP contribution in [0.1, 0.15) is 26.7 Å². The summed E-state index contributed by atoms with van der Waals surface area (Å²) in [6.45, 7) is 4.01. The van der Waals surface area contributed by atoms with E-state index in [4.69, 9.17) is 5.26 Å². The van der Waals surface area contributed by atoms with E-state index in [1.807, 2.05) is 31.2 Å². The minimum atomic E-state index is -0.487. The fourth-order valence-corrected chi connectivity index (χ4v) is 1.89. The van der Waals surface area contributed by atoms with Gasteiger partial charge < -0.3 is 5.32 Å². The number of para-hydroxylation sites is 1. The largest absolute Gasteiger partial charge is 0.367 e. The number of anilines is 1. The number of rotatable bonds is 4. The Kier molecular flexibility index (Phi) is 4.16. The van der Waals surface area contributed by atoms with E-state index in [1.54, 1.807) is 0 Å². The average Bonchev–Trinajstić information content (AvgIpc) is 2.22. The molecule has 15 heavy (non-hydrogen) atoms. The lowest BCUT2D eigenvalue weighted by Crippen LogP contribution is -2.32. The third kappa shape index (κ3) is 3.24. The lowest BCUT2D eigenvalue weighted by molar-refractivity contribution is 0.578. The van der Waals surface area contributed by atoms with E-state index in [-0.39, 0.29) is 0 Å². The van der Waals surface area contributed by atoms with Crippen LogP contribution in [0.15, 0.2) is 28.7 Å². The first-order valence-corrected chi connectivity index (χ1v) is 5.84. The highest BCUT2D eigenvalue weighted by molar-refractivity contribution is 9.10. The van der Waals surface area contributed by atoms with E-state index in [9.17, 15) is 0 Å². The van der Waals surface area contributed by atoms with Gasteiger partial charge in [0.25, 0.3) is 0 Å². The van der Waals surface area contributed by atoms with E-state index in [2.05, 4.69) is 34.2 Å². The monoisotopic (exact) mass is 266 g/mol. The van der Waals surface area contributed by atoms with Gasteiger partial charge in [-0.3, -0.25) is 0 Å². The van der Waals surface area contributed by atoms with Gasteiger partial charge in [0.2, 0.25) is 0 Å². The Balaban J connectivity index is 2.85. The van der Waals surface area contributed by atoms with Gasteiger partial charge in [-0.15, -0.1) is 0 Å². The molecule has 3 heteroatoms. The normalized spacial score (nSPS) is 14.0. The Morgan fingerprint density at radius 1 is 1.47 bits per heavy atom. The molecule has 0 heterocycles.